The van der Waals surface area contributed by atoms with Gasteiger partial charge in [-0.15, -0.1) is 0 Å². The number of hydrogen-bond acceptors (Lipinski definition) is 1. The van der Waals surface area contributed by atoms with Gasteiger partial charge >= 0.3 is 0 Å². The van der Waals surface area contributed by atoms with Gasteiger partial charge in [-0.25, -0.2) is 4.39 Å². The molecule has 0 aromatic heterocycles. The molecule has 1 aliphatic heterocycles. The highest BCUT2D eigenvalue weighted by molar-refractivity contribution is 9.09. The number of halogens is 3. The Labute approximate surface area is 130 Å². The van der Waals surface area contributed by atoms with E-state index in [2.05, 4.69) is 34.1 Å². The molecule has 0 radical (unpaired) electrons. The van der Waals surface area contributed by atoms with Crippen molar-refractivity contribution in [2.75, 3.05) is 0 Å². The Kier molecular flexibility index (Phi) is 3.85. The Morgan fingerprint density at radius 3 is 2.75 bits per heavy atom. The van der Waals surface area contributed by atoms with Crippen LogP contribution in [0.15, 0.2) is 30.3 Å². The van der Waals surface area contributed by atoms with E-state index < -0.39 is 0 Å². The number of hydrogen-bond donors (Lipinski definition) is 0. The van der Waals surface area contributed by atoms with Crippen molar-refractivity contribution >= 4 is 27.5 Å². The molecule has 3 rings (SSSR count). The van der Waals surface area contributed by atoms with Gasteiger partial charge in [-0.1, -0.05) is 51.8 Å². The second-order valence-corrected chi connectivity index (χ2v) is 6.33. The van der Waals surface area contributed by atoms with Gasteiger partial charge in [0.1, 0.15) is 5.82 Å². The second kappa shape index (κ2) is 5.47. The summed E-state index contributed by atoms with van der Waals surface area (Å²) in [4.78, 5) is -0.0554. The first-order valence-electron chi connectivity index (χ1n) is 6.35. The van der Waals surface area contributed by atoms with Crippen LogP contribution in [-0.2, 0) is 18.0 Å². The fourth-order valence-corrected chi connectivity index (χ4v) is 3.46. The summed E-state index contributed by atoms with van der Waals surface area (Å²) in [6.45, 7) is 3.07. The fraction of sp³-hybridized carbons (Fsp3) is 0.250. The minimum Gasteiger partial charge on any atom is -0.372 e. The lowest BCUT2D eigenvalue weighted by Crippen LogP contribution is -1.98. The maximum absolute atomic E-state index is 13.5. The molecule has 1 aliphatic rings. The number of rotatable bonds is 2. The first-order chi connectivity index (χ1) is 9.56. The number of benzene rings is 2. The van der Waals surface area contributed by atoms with E-state index >= 15 is 0 Å². The van der Waals surface area contributed by atoms with E-state index in [0.29, 0.717) is 23.8 Å². The van der Waals surface area contributed by atoms with E-state index in [4.69, 9.17) is 16.3 Å². The summed E-state index contributed by atoms with van der Waals surface area (Å²) in [6, 6.07) is 9.42. The van der Waals surface area contributed by atoms with Crippen LogP contribution in [0.25, 0.3) is 0 Å². The van der Waals surface area contributed by atoms with Crippen molar-refractivity contribution in [1.82, 2.24) is 0 Å². The van der Waals surface area contributed by atoms with Crippen molar-refractivity contribution in [2.45, 2.75) is 25.0 Å². The van der Waals surface area contributed by atoms with Crippen molar-refractivity contribution in [2.24, 2.45) is 0 Å². The third kappa shape index (κ3) is 2.50. The Balaban J connectivity index is 2.00. The van der Waals surface area contributed by atoms with E-state index in [0.717, 1.165) is 11.1 Å². The average Bonchev–Trinajstić information content (AvgIpc) is 2.89. The Bertz CT molecular complexity index is 672. The highest BCUT2D eigenvalue weighted by Crippen LogP contribution is 2.37. The Hall–Kier alpha value is -0.900. The minimum absolute atomic E-state index is 0.0554. The quantitative estimate of drug-likeness (QED) is 0.664. The van der Waals surface area contributed by atoms with Gasteiger partial charge in [-0.3, -0.25) is 0 Å². The van der Waals surface area contributed by atoms with E-state index in [9.17, 15) is 4.39 Å². The molecule has 2 aromatic rings. The molecule has 0 N–H and O–H groups in total. The van der Waals surface area contributed by atoms with E-state index in [-0.39, 0.29) is 10.6 Å². The van der Waals surface area contributed by atoms with Gasteiger partial charge in [-0.05, 0) is 40.8 Å². The van der Waals surface area contributed by atoms with Gasteiger partial charge in [0.25, 0.3) is 0 Å². The van der Waals surface area contributed by atoms with E-state index in [1.807, 2.05) is 0 Å². The molecule has 0 saturated carbocycles. The maximum atomic E-state index is 13.5. The van der Waals surface area contributed by atoms with Gasteiger partial charge < -0.3 is 4.74 Å². The summed E-state index contributed by atoms with van der Waals surface area (Å²) < 4.78 is 18.9. The van der Waals surface area contributed by atoms with Crippen molar-refractivity contribution in [1.29, 1.82) is 0 Å². The van der Waals surface area contributed by atoms with E-state index in [1.165, 1.54) is 17.2 Å². The first-order valence-corrected chi connectivity index (χ1v) is 7.64. The molecule has 0 aliphatic carbocycles. The molecular formula is C16H13BrClFO. The molecule has 2 aromatic carbocycles. The third-order valence-corrected chi connectivity index (χ3v) is 4.94. The molecule has 1 unspecified atom stereocenters. The standard InChI is InChI=1S/C16H13BrClFO/c1-9-4-13(14(18)6-15(9)19)16(17)10-2-3-11-7-20-8-12(11)5-10/h2-6,16H,7-8H2,1H3. The summed E-state index contributed by atoms with van der Waals surface area (Å²) >= 11 is 9.83. The molecule has 0 spiro atoms. The normalized spacial score (nSPS) is 15.2. The molecule has 1 heterocycles. The summed E-state index contributed by atoms with van der Waals surface area (Å²) in [7, 11) is 0. The topological polar surface area (TPSA) is 9.23 Å². The SMILES string of the molecule is Cc1cc(C(Br)c2ccc3c(c2)COC3)c(Cl)cc1F. The monoisotopic (exact) mass is 354 g/mol. The van der Waals surface area contributed by atoms with Crippen LogP contribution in [0.5, 0.6) is 0 Å². The molecule has 104 valence electrons. The van der Waals surface area contributed by atoms with Crippen molar-refractivity contribution in [3.63, 3.8) is 0 Å². The third-order valence-electron chi connectivity index (χ3n) is 3.59. The molecule has 4 heteroatoms. The summed E-state index contributed by atoms with van der Waals surface area (Å²) in [5.74, 6) is -0.277. The van der Waals surface area contributed by atoms with Crippen LogP contribution in [0, 0.1) is 12.7 Å². The molecule has 0 bridgehead atoms. The van der Waals surface area contributed by atoms with Crippen LogP contribution < -0.4 is 0 Å². The highest BCUT2D eigenvalue weighted by atomic mass is 79.9. The molecule has 0 amide bonds. The van der Waals surface area contributed by atoms with Crippen LogP contribution in [0.2, 0.25) is 5.02 Å². The number of aryl methyl sites for hydroxylation is 1. The van der Waals surface area contributed by atoms with Crippen LogP contribution in [-0.4, -0.2) is 0 Å². The van der Waals surface area contributed by atoms with E-state index in [1.54, 1.807) is 13.0 Å². The van der Waals surface area contributed by atoms with Gasteiger partial charge in [0.05, 0.1) is 18.0 Å². The van der Waals surface area contributed by atoms with Gasteiger partial charge in [0, 0.05) is 5.02 Å². The average molecular weight is 356 g/mol. The first kappa shape index (κ1) is 14.1. The second-order valence-electron chi connectivity index (χ2n) is 5.01. The largest absolute Gasteiger partial charge is 0.372 e. The number of ether oxygens (including phenoxy) is 1. The minimum atomic E-state index is -0.277. The summed E-state index contributed by atoms with van der Waals surface area (Å²) in [6.07, 6.45) is 0. The predicted molar refractivity (Wildman–Crippen MR) is 81.9 cm³/mol. The molecule has 1 nitrogen and oxygen atoms in total. The highest BCUT2D eigenvalue weighted by Gasteiger charge is 2.19. The Morgan fingerprint density at radius 1 is 1.20 bits per heavy atom. The van der Waals surface area contributed by atoms with Crippen LogP contribution >= 0.6 is 27.5 Å². The molecule has 1 atom stereocenters. The van der Waals surface area contributed by atoms with Crippen molar-refractivity contribution in [3.05, 3.63) is 69.0 Å². The van der Waals surface area contributed by atoms with Crippen LogP contribution in [0.4, 0.5) is 4.39 Å². The molecule has 0 fully saturated rings. The molecule has 20 heavy (non-hydrogen) atoms. The van der Waals surface area contributed by atoms with Gasteiger partial charge in [-0.2, -0.15) is 0 Å². The summed E-state index contributed by atoms with van der Waals surface area (Å²) in [5, 5.41) is 0.437. The summed E-state index contributed by atoms with van der Waals surface area (Å²) in [5.41, 5.74) is 5.02. The zero-order chi connectivity index (χ0) is 14.3. The van der Waals surface area contributed by atoms with Gasteiger partial charge in [0.15, 0.2) is 0 Å². The Morgan fingerprint density at radius 2 is 1.95 bits per heavy atom. The van der Waals surface area contributed by atoms with Gasteiger partial charge in [0.2, 0.25) is 0 Å². The van der Waals surface area contributed by atoms with Crippen molar-refractivity contribution < 1.29 is 9.13 Å². The fourth-order valence-electron chi connectivity index (χ4n) is 2.40. The maximum Gasteiger partial charge on any atom is 0.127 e. The molecular weight excluding hydrogens is 343 g/mol. The van der Waals surface area contributed by atoms with Crippen molar-refractivity contribution in [3.8, 4) is 0 Å². The van der Waals surface area contributed by atoms with Crippen LogP contribution in [0.1, 0.15) is 32.6 Å². The smallest absolute Gasteiger partial charge is 0.127 e. The number of alkyl halides is 1. The molecule has 0 saturated heterocycles. The lowest BCUT2D eigenvalue weighted by atomic mass is 9.99. The number of fused-ring (bicyclic) bond motifs is 1. The van der Waals surface area contributed by atoms with Crippen LogP contribution in [0.3, 0.4) is 0 Å². The predicted octanol–water partition coefficient (Wildman–Crippen LogP) is 5.30. The zero-order valence-electron chi connectivity index (χ0n) is 10.9. The lowest BCUT2D eigenvalue weighted by molar-refractivity contribution is 0.134. The lowest BCUT2D eigenvalue weighted by Gasteiger charge is -2.15. The zero-order valence-corrected chi connectivity index (χ0v) is 13.3.